The number of nitrogens with two attached hydrogens (primary N) is 1. The molecule has 0 bridgehead atoms. The van der Waals surface area contributed by atoms with Gasteiger partial charge in [0.25, 0.3) is 0 Å². The van der Waals surface area contributed by atoms with Crippen molar-refractivity contribution in [3.63, 3.8) is 0 Å². The Bertz CT molecular complexity index is 219. The van der Waals surface area contributed by atoms with Gasteiger partial charge < -0.3 is 20.1 Å². The maximum Gasteiger partial charge on any atom is 0.168 e. The van der Waals surface area contributed by atoms with Gasteiger partial charge in [0, 0.05) is 25.9 Å². The Morgan fingerprint density at radius 2 is 1.82 bits per heavy atom. The smallest absolute Gasteiger partial charge is 0.168 e. The van der Waals surface area contributed by atoms with Gasteiger partial charge in [0.15, 0.2) is 5.79 Å². The van der Waals surface area contributed by atoms with Gasteiger partial charge in [0.05, 0.1) is 13.2 Å². The van der Waals surface area contributed by atoms with E-state index in [9.17, 15) is 0 Å². The van der Waals surface area contributed by atoms with Gasteiger partial charge in [-0.3, -0.25) is 0 Å². The van der Waals surface area contributed by atoms with Gasteiger partial charge in [0.2, 0.25) is 0 Å². The van der Waals surface area contributed by atoms with Gasteiger partial charge >= 0.3 is 0 Å². The van der Waals surface area contributed by atoms with Crippen molar-refractivity contribution in [3.05, 3.63) is 0 Å². The molecule has 1 saturated carbocycles. The molecule has 2 rings (SSSR count). The van der Waals surface area contributed by atoms with E-state index >= 15 is 0 Å². The average molecular weight is 242 g/mol. The van der Waals surface area contributed by atoms with Crippen LogP contribution in [-0.4, -0.2) is 50.6 Å². The molecule has 17 heavy (non-hydrogen) atoms. The van der Waals surface area contributed by atoms with Crippen LogP contribution >= 0.6 is 0 Å². The lowest BCUT2D eigenvalue weighted by Gasteiger charge is -2.35. The van der Waals surface area contributed by atoms with Crippen molar-refractivity contribution < 1.29 is 9.47 Å². The molecular weight excluding hydrogens is 216 g/mol. The summed E-state index contributed by atoms with van der Waals surface area (Å²) in [6.07, 6.45) is 5.94. The average Bonchev–Trinajstić information content (AvgIpc) is 2.78. The fraction of sp³-hybridized carbons (Fsp3) is 1.00. The zero-order chi connectivity index (χ0) is 12.1. The van der Waals surface area contributed by atoms with E-state index in [-0.39, 0.29) is 5.79 Å². The highest BCUT2D eigenvalue weighted by molar-refractivity contribution is 4.82. The van der Waals surface area contributed by atoms with Crippen LogP contribution < -0.4 is 5.73 Å². The molecule has 100 valence electrons. The topological polar surface area (TPSA) is 47.7 Å². The predicted octanol–water partition coefficient (Wildman–Crippen LogP) is 1.20. The molecule has 1 spiro atoms. The van der Waals surface area contributed by atoms with Crippen LogP contribution in [0.5, 0.6) is 0 Å². The SMILES string of the molecule is CN(CCN)CCC1CCC2(CC1)OCCO2. The molecule has 0 aromatic rings. The molecule has 0 aromatic heterocycles. The van der Waals surface area contributed by atoms with Crippen molar-refractivity contribution in [2.45, 2.75) is 37.9 Å². The molecule has 1 aliphatic heterocycles. The minimum Gasteiger partial charge on any atom is -0.348 e. The maximum atomic E-state index is 5.74. The fourth-order valence-corrected chi connectivity index (χ4v) is 2.93. The molecule has 0 atom stereocenters. The highest BCUT2D eigenvalue weighted by Crippen LogP contribution is 2.39. The van der Waals surface area contributed by atoms with Crippen LogP contribution in [0, 0.1) is 5.92 Å². The first-order valence-electron chi connectivity index (χ1n) is 6.91. The number of rotatable bonds is 5. The van der Waals surface area contributed by atoms with Crippen LogP contribution in [0.1, 0.15) is 32.1 Å². The minimum absolute atomic E-state index is 0.195. The highest BCUT2D eigenvalue weighted by Gasteiger charge is 2.39. The Hall–Kier alpha value is -0.160. The molecular formula is C13H26N2O2. The Labute approximate surface area is 104 Å². The molecule has 2 aliphatic rings. The van der Waals surface area contributed by atoms with Gasteiger partial charge in [-0.05, 0) is 38.8 Å². The standard InChI is InChI=1S/C13H26N2O2/c1-15(9-7-14)8-4-12-2-5-13(6-3-12)16-10-11-17-13/h12H,2-11,14H2,1H3. The van der Waals surface area contributed by atoms with E-state index in [2.05, 4.69) is 11.9 Å². The van der Waals surface area contributed by atoms with Crippen molar-refractivity contribution in [2.75, 3.05) is 39.9 Å². The lowest BCUT2D eigenvalue weighted by Crippen LogP contribution is -2.36. The molecule has 0 amide bonds. The van der Waals surface area contributed by atoms with Crippen LogP contribution in [0.2, 0.25) is 0 Å². The molecule has 0 unspecified atom stereocenters. The van der Waals surface area contributed by atoms with Crippen LogP contribution in [-0.2, 0) is 9.47 Å². The lowest BCUT2D eigenvalue weighted by molar-refractivity contribution is -0.182. The number of likely N-dealkylation sites (N-methyl/N-ethyl adjacent to an activating group) is 1. The summed E-state index contributed by atoms with van der Waals surface area (Å²) in [4.78, 5) is 2.33. The van der Waals surface area contributed by atoms with Crippen molar-refractivity contribution >= 4 is 0 Å². The summed E-state index contributed by atoms with van der Waals surface area (Å²) in [7, 11) is 2.15. The Kier molecular flexibility index (Phi) is 4.79. The summed E-state index contributed by atoms with van der Waals surface area (Å²) in [5.41, 5.74) is 5.54. The Balaban J connectivity index is 1.65. The first-order valence-corrected chi connectivity index (χ1v) is 6.91. The number of hydrogen-bond donors (Lipinski definition) is 1. The van der Waals surface area contributed by atoms with E-state index in [0.717, 1.165) is 51.6 Å². The molecule has 1 heterocycles. The molecule has 0 aromatic carbocycles. The highest BCUT2D eigenvalue weighted by atomic mass is 16.7. The summed E-state index contributed by atoms with van der Waals surface area (Å²) in [5.74, 6) is 0.647. The first-order chi connectivity index (χ1) is 8.24. The molecule has 1 saturated heterocycles. The summed E-state index contributed by atoms with van der Waals surface area (Å²) < 4.78 is 11.5. The zero-order valence-corrected chi connectivity index (χ0v) is 11.0. The predicted molar refractivity (Wildman–Crippen MR) is 67.8 cm³/mol. The van der Waals surface area contributed by atoms with E-state index < -0.39 is 0 Å². The third-order valence-electron chi connectivity index (χ3n) is 4.11. The molecule has 2 N–H and O–H groups in total. The summed E-state index contributed by atoms with van der Waals surface area (Å²) in [5, 5.41) is 0. The normalized spacial score (nSPS) is 24.9. The van der Waals surface area contributed by atoms with Gasteiger partial charge in [-0.25, -0.2) is 0 Å². The maximum absolute atomic E-state index is 5.74. The molecule has 2 fully saturated rings. The number of hydrogen-bond acceptors (Lipinski definition) is 4. The number of ether oxygens (including phenoxy) is 2. The Morgan fingerprint density at radius 1 is 1.18 bits per heavy atom. The monoisotopic (exact) mass is 242 g/mol. The third kappa shape index (κ3) is 3.65. The summed E-state index contributed by atoms with van der Waals surface area (Å²) >= 11 is 0. The Morgan fingerprint density at radius 3 is 2.41 bits per heavy atom. The second kappa shape index (κ2) is 6.14. The van der Waals surface area contributed by atoms with Gasteiger partial charge in [-0.1, -0.05) is 0 Å². The van der Waals surface area contributed by atoms with Crippen LogP contribution in [0.4, 0.5) is 0 Å². The fourth-order valence-electron chi connectivity index (χ4n) is 2.93. The van der Waals surface area contributed by atoms with Crippen molar-refractivity contribution in [2.24, 2.45) is 11.7 Å². The lowest BCUT2D eigenvalue weighted by atomic mass is 9.83. The second-order valence-corrected chi connectivity index (χ2v) is 5.43. The van der Waals surface area contributed by atoms with Crippen LogP contribution in [0.25, 0.3) is 0 Å². The van der Waals surface area contributed by atoms with Gasteiger partial charge in [-0.2, -0.15) is 0 Å². The van der Waals surface area contributed by atoms with E-state index in [4.69, 9.17) is 15.2 Å². The minimum atomic E-state index is -0.195. The van der Waals surface area contributed by atoms with Crippen LogP contribution in [0.3, 0.4) is 0 Å². The van der Waals surface area contributed by atoms with E-state index in [1.165, 1.54) is 19.3 Å². The van der Waals surface area contributed by atoms with E-state index in [0.29, 0.717) is 0 Å². The molecule has 0 radical (unpaired) electrons. The van der Waals surface area contributed by atoms with Crippen LogP contribution in [0.15, 0.2) is 0 Å². The summed E-state index contributed by atoms with van der Waals surface area (Å²) in [6.45, 7) is 4.49. The van der Waals surface area contributed by atoms with E-state index in [1.807, 2.05) is 0 Å². The molecule has 4 nitrogen and oxygen atoms in total. The summed E-state index contributed by atoms with van der Waals surface area (Å²) in [6, 6.07) is 0. The molecule has 4 heteroatoms. The molecule has 1 aliphatic carbocycles. The third-order valence-corrected chi connectivity index (χ3v) is 4.11. The van der Waals surface area contributed by atoms with Crippen molar-refractivity contribution in [3.8, 4) is 0 Å². The number of nitrogens with zero attached hydrogens (tertiary/aromatic N) is 1. The van der Waals surface area contributed by atoms with Gasteiger partial charge in [0.1, 0.15) is 0 Å². The van der Waals surface area contributed by atoms with Crippen molar-refractivity contribution in [1.82, 2.24) is 4.90 Å². The zero-order valence-electron chi connectivity index (χ0n) is 11.0. The quantitative estimate of drug-likeness (QED) is 0.787. The van der Waals surface area contributed by atoms with Crippen molar-refractivity contribution in [1.29, 1.82) is 0 Å². The van der Waals surface area contributed by atoms with E-state index in [1.54, 1.807) is 0 Å². The van der Waals surface area contributed by atoms with Gasteiger partial charge in [-0.15, -0.1) is 0 Å². The first kappa shape index (κ1) is 13.3. The largest absolute Gasteiger partial charge is 0.348 e. The second-order valence-electron chi connectivity index (χ2n) is 5.43.